The summed E-state index contributed by atoms with van der Waals surface area (Å²) in [5, 5.41) is 0. The monoisotopic (exact) mass is 260 g/mol. The molecule has 0 spiro atoms. The Balaban J connectivity index is 0.000000122. The van der Waals surface area contributed by atoms with Crippen LogP contribution in [0.15, 0.2) is 24.3 Å². The molecular weight excluding hydrogens is 236 g/mol. The minimum Gasteiger partial charge on any atom is -0.462 e. The van der Waals surface area contributed by atoms with E-state index in [0.717, 1.165) is 24.2 Å². The maximum absolute atomic E-state index is 10.6. The molecule has 0 radical (unpaired) electrons. The van der Waals surface area contributed by atoms with Gasteiger partial charge in [-0.15, -0.1) is 0 Å². The van der Waals surface area contributed by atoms with Gasteiger partial charge in [0.05, 0.1) is 0 Å². The van der Waals surface area contributed by atoms with E-state index in [1.54, 1.807) is 0 Å². The highest BCUT2D eigenvalue weighted by atomic mass is 16.5. The molecule has 2 saturated carbocycles. The second-order valence-electron chi connectivity index (χ2n) is 6.69. The summed E-state index contributed by atoms with van der Waals surface area (Å²) in [5.74, 6) is 3.98. The molecule has 4 aliphatic rings. The number of ether oxygens (including phenoxy) is 1. The molecule has 0 saturated heterocycles. The maximum Gasteiger partial charge on any atom is 0.302 e. The molecule has 104 valence electrons. The van der Waals surface area contributed by atoms with E-state index in [4.69, 9.17) is 4.74 Å². The van der Waals surface area contributed by atoms with Gasteiger partial charge in [-0.2, -0.15) is 0 Å². The largest absolute Gasteiger partial charge is 0.462 e. The fraction of sp³-hybridized carbons (Fsp3) is 0.706. The quantitative estimate of drug-likeness (QED) is 0.530. The van der Waals surface area contributed by atoms with Crippen LogP contribution >= 0.6 is 0 Å². The maximum atomic E-state index is 10.6. The Hall–Kier alpha value is -1.05. The Kier molecular flexibility index (Phi) is 3.51. The Labute approximate surface area is 115 Å². The van der Waals surface area contributed by atoms with Gasteiger partial charge in [-0.3, -0.25) is 4.79 Å². The number of hydrogen-bond acceptors (Lipinski definition) is 2. The van der Waals surface area contributed by atoms with Crippen molar-refractivity contribution in [2.45, 2.75) is 45.6 Å². The van der Waals surface area contributed by atoms with Crippen molar-refractivity contribution in [1.82, 2.24) is 0 Å². The lowest BCUT2D eigenvalue weighted by molar-refractivity contribution is -0.147. The van der Waals surface area contributed by atoms with Crippen molar-refractivity contribution in [3.8, 4) is 0 Å². The molecule has 2 fully saturated rings. The van der Waals surface area contributed by atoms with E-state index in [2.05, 4.69) is 31.2 Å². The van der Waals surface area contributed by atoms with Crippen LogP contribution in [0.5, 0.6) is 0 Å². The average Bonchev–Trinajstić information content (AvgIpc) is 3.07. The van der Waals surface area contributed by atoms with Gasteiger partial charge in [0.1, 0.15) is 6.10 Å². The van der Waals surface area contributed by atoms with E-state index in [-0.39, 0.29) is 12.1 Å². The highest BCUT2D eigenvalue weighted by Gasteiger charge is 2.37. The Morgan fingerprint density at radius 3 is 1.89 bits per heavy atom. The summed E-state index contributed by atoms with van der Waals surface area (Å²) in [4.78, 5) is 10.6. The first-order chi connectivity index (χ1) is 9.11. The van der Waals surface area contributed by atoms with Crippen LogP contribution in [0.25, 0.3) is 0 Å². The topological polar surface area (TPSA) is 26.3 Å². The molecule has 0 heterocycles. The van der Waals surface area contributed by atoms with Crippen LogP contribution in [0.4, 0.5) is 0 Å². The SMILES string of the molecule is CC(=O)OC1CC2C=CC1C2.CC1CC2C=CC1C2. The summed E-state index contributed by atoms with van der Waals surface area (Å²) < 4.78 is 5.15. The minimum atomic E-state index is -0.143. The Morgan fingerprint density at radius 2 is 1.58 bits per heavy atom. The number of hydrogen-bond donors (Lipinski definition) is 0. The van der Waals surface area contributed by atoms with E-state index in [1.807, 2.05) is 0 Å². The summed E-state index contributed by atoms with van der Waals surface area (Å²) in [6, 6.07) is 0. The predicted molar refractivity (Wildman–Crippen MR) is 75.4 cm³/mol. The zero-order chi connectivity index (χ0) is 13.4. The molecular formula is C17H24O2. The average molecular weight is 260 g/mol. The fourth-order valence-electron chi connectivity index (χ4n) is 4.13. The molecule has 4 aliphatic carbocycles. The normalized spacial score (nSPS) is 44.3. The van der Waals surface area contributed by atoms with Crippen LogP contribution < -0.4 is 0 Å². The van der Waals surface area contributed by atoms with Crippen molar-refractivity contribution in [1.29, 1.82) is 0 Å². The van der Waals surface area contributed by atoms with E-state index in [0.29, 0.717) is 11.8 Å². The van der Waals surface area contributed by atoms with Crippen LogP contribution in [0.2, 0.25) is 0 Å². The van der Waals surface area contributed by atoms with Crippen molar-refractivity contribution in [2.24, 2.45) is 29.6 Å². The molecule has 6 atom stereocenters. The molecule has 0 aliphatic heterocycles. The van der Waals surface area contributed by atoms with Crippen molar-refractivity contribution in [2.75, 3.05) is 0 Å². The third-order valence-electron chi connectivity index (χ3n) is 5.15. The van der Waals surface area contributed by atoms with Gasteiger partial charge in [-0.1, -0.05) is 31.2 Å². The van der Waals surface area contributed by atoms with Crippen molar-refractivity contribution in [3.63, 3.8) is 0 Å². The van der Waals surface area contributed by atoms with Crippen LogP contribution in [-0.4, -0.2) is 12.1 Å². The summed E-state index contributed by atoms with van der Waals surface area (Å²) in [7, 11) is 0. The second-order valence-corrected chi connectivity index (χ2v) is 6.69. The molecule has 4 bridgehead atoms. The highest BCUT2D eigenvalue weighted by Crippen LogP contribution is 2.42. The molecule has 0 amide bonds. The van der Waals surface area contributed by atoms with Gasteiger partial charge in [-0.25, -0.2) is 0 Å². The molecule has 6 unspecified atom stereocenters. The third-order valence-corrected chi connectivity index (χ3v) is 5.15. The first kappa shape index (κ1) is 13.0. The standard InChI is InChI=1S/C9H12O2.C8H12/c1-6(10)11-9-5-7-2-3-8(9)4-7;1-6-4-7-2-3-8(6)5-7/h2-3,7-9H,4-5H2,1H3;2-3,6-8H,4-5H2,1H3. The van der Waals surface area contributed by atoms with Crippen LogP contribution in [0, 0.1) is 29.6 Å². The van der Waals surface area contributed by atoms with Crippen molar-refractivity contribution >= 4 is 5.97 Å². The number of allylic oxidation sites excluding steroid dienone is 3. The first-order valence-corrected chi connectivity index (χ1v) is 7.65. The summed E-state index contributed by atoms with van der Waals surface area (Å²) >= 11 is 0. The molecule has 0 aromatic rings. The van der Waals surface area contributed by atoms with Gasteiger partial charge in [-0.05, 0) is 49.4 Å². The minimum absolute atomic E-state index is 0.143. The number of rotatable bonds is 1. The zero-order valence-corrected chi connectivity index (χ0v) is 11.9. The lowest BCUT2D eigenvalue weighted by atomic mass is 9.96. The van der Waals surface area contributed by atoms with Gasteiger partial charge >= 0.3 is 5.97 Å². The van der Waals surface area contributed by atoms with E-state index in [9.17, 15) is 4.79 Å². The lowest BCUT2D eigenvalue weighted by Gasteiger charge is -2.17. The van der Waals surface area contributed by atoms with Crippen molar-refractivity contribution < 1.29 is 9.53 Å². The third kappa shape index (κ3) is 2.77. The Bertz CT molecular complexity index is 409. The second kappa shape index (κ2) is 5.15. The number of carbonyl (C=O) groups is 1. The molecule has 0 aromatic carbocycles. The molecule has 2 nitrogen and oxygen atoms in total. The number of carbonyl (C=O) groups excluding carboxylic acids is 1. The van der Waals surface area contributed by atoms with Crippen LogP contribution in [0.1, 0.15) is 39.5 Å². The van der Waals surface area contributed by atoms with Gasteiger partial charge < -0.3 is 4.74 Å². The fourth-order valence-corrected chi connectivity index (χ4v) is 4.13. The van der Waals surface area contributed by atoms with Crippen molar-refractivity contribution in [3.05, 3.63) is 24.3 Å². The molecule has 0 N–H and O–H groups in total. The lowest BCUT2D eigenvalue weighted by Crippen LogP contribution is -2.20. The number of esters is 1. The van der Waals surface area contributed by atoms with Crippen LogP contribution in [-0.2, 0) is 9.53 Å². The Morgan fingerprint density at radius 1 is 0.947 bits per heavy atom. The molecule has 19 heavy (non-hydrogen) atoms. The highest BCUT2D eigenvalue weighted by molar-refractivity contribution is 5.66. The predicted octanol–water partition coefficient (Wildman–Crippen LogP) is 3.73. The van der Waals surface area contributed by atoms with Gasteiger partial charge in [0, 0.05) is 12.8 Å². The summed E-state index contributed by atoms with van der Waals surface area (Å²) in [6.07, 6.45) is 14.6. The molecule has 0 aromatic heterocycles. The van der Waals surface area contributed by atoms with Gasteiger partial charge in [0.15, 0.2) is 0 Å². The van der Waals surface area contributed by atoms with Gasteiger partial charge in [0.2, 0.25) is 0 Å². The van der Waals surface area contributed by atoms with Gasteiger partial charge in [0.25, 0.3) is 0 Å². The summed E-state index contributed by atoms with van der Waals surface area (Å²) in [6.45, 7) is 3.85. The zero-order valence-electron chi connectivity index (χ0n) is 11.9. The summed E-state index contributed by atoms with van der Waals surface area (Å²) in [5.41, 5.74) is 0. The number of fused-ring (bicyclic) bond motifs is 4. The van der Waals surface area contributed by atoms with E-state index >= 15 is 0 Å². The van der Waals surface area contributed by atoms with Crippen LogP contribution in [0.3, 0.4) is 0 Å². The van der Waals surface area contributed by atoms with E-state index < -0.39 is 0 Å². The molecule has 2 heteroatoms. The van der Waals surface area contributed by atoms with E-state index in [1.165, 1.54) is 26.2 Å². The first-order valence-electron chi connectivity index (χ1n) is 7.65. The smallest absolute Gasteiger partial charge is 0.302 e. The molecule has 4 rings (SSSR count).